The molecule has 1 aliphatic heterocycles. The monoisotopic (exact) mass is 377 g/mol. The molecule has 1 aromatic heterocycles. The zero-order valence-electron chi connectivity index (χ0n) is 16.1. The minimum atomic E-state index is -0.115. The molecule has 0 unspecified atom stereocenters. The van der Waals surface area contributed by atoms with Crippen molar-refractivity contribution < 1.29 is 9.53 Å². The summed E-state index contributed by atoms with van der Waals surface area (Å²) in [6, 6.07) is 15.2. The fourth-order valence-electron chi connectivity index (χ4n) is 3.42. The summed E-state index contributed by atoms with van der Waals surface area (Å²) in [5, 5.41) is 3.18. The number of amides is 1. The molecule has 0 saturated heterocycles. The van der Waals surface area contributed by atoms with E-state index in [1.165, 1.54) is 5.56 Å². The second-order valence-electron chi connectivity index (χ2n) is 7.15. The van der Waals surface area contributed by atoms with Crippen molar-refractivity contribution in [3.63, 3.8) is 0 Å². The maximum Gasteiger partial charge on any atom is 0.276 e. The van der Waals surface area contributed by atoms with Crippen LogP contribution in [-0.4, -0.2) is 33.7 Å². The number of ether oxygens (including phenoxy) is 1. The Morgan fingerprint density at radius 2 is 1.89 bits per heavy atom. The lowest BCUT2D eigenvalue weighted by molar-refractivity contribution is -0.134. The number of fused-ring (bicyclic) bond motifs is 1. The van der Waals surface area contributed by atoms with Crippen molar-refractivity contribution in [1.82, 2.24) is 14.7 Å². The summed E-state index contributed by atoms with van der Waals surface area (Å²) in [5.74, 6) is 0.568. The minimum absolute atomic E-state index is 0.0326. The number of nitrogens with zero attached hydrogens (tertiary/aromatic N) is 2. The molecule has 28 heavy (non-hydrogen) atoms. The van der Waals surface area contributed by atoms with Crippen molar-refractivity contribution in [1.29, 1.82) is 0 Å². The normalized spacial score (nSPS) is 13.3. The molecule has 1 N–H and O–H groups in total. The Kier molecular flexibility index (Phi) is 4.77. The highest BCUT2D eigenvalue weighted by atomic mass is 16.5. The van der Waals surface area contributed by atoms with Crippen LogP contribution in [0.3, 0.4) is 0 Å². The second-order valence-corrected chi connectivity index (χ2v) is 7.15. The summed E-state index contributed by atoms with van der Waals surface area (Å²) in [7, 11) is 0. The Morgan fingerprint density at radius 1 is 1.11 bits per heavy atom. The van der Waals surface area contributed by atoms with E-state index in [0.29, 0.717) is 30.8 Å². The van der Waals surface area contributed by atoms with Gasteiger partial charge in [-0.3, -0.25) is 14.7 Å². The number of aryl methyl sites for hydroxylation is 2. The molecule has 6 heteroatoms. The largest absolute Gasteiger partial charge is 0.484 e. The third-order valence-corrected chi connectivity index (χ3v) is 5.26. The topological polar surface area (TPSA) is 67.3 Å². The first-order chi connectivity index (χ1) is 13.5. The number of carbonyl (C=O) groups excluding carboxylic acids is 1. The van der Waals surface area contributed by atoms with E-state index in [4.69, 9.17) is 4.74 Å². The first kappa shape index (κ1) is 18.1. The van der Waals surface area contributed by atoms with Crippen molar-refractivity contribution in [3.05, 3.63) is 81.3 Å². The van der Waals surface area contributed by atoms with Gasteiger partial charge in [-0.2, -0.15) is 0 Å². The zero-order valence-corrected chi connectivity index (χ0v) is 16.1. The van der Waals surface area contributed by atoms with Gasteiger partial charge in [-0.05, 0) is 49.2 Å². The van der Waals surface area contributed by atoms with Crippen molar-refractivity contribution in [2.24, 2.45) is 0 Å². The van der Waals surface area contributed by atoms with Gasteiger partial charge in [0.1, 0.15) is 5.75 Å². The van der Waals surface area contributed by atoms with Crippen LogP contribution in [0.4, 0.5) is 0 Å². The van der Waals surface area contributed by atoms with Gasteiger partial charge in [0.25, 0.3) is 11.5 Å². The van der Waals surface area contributed by atoms with E-state index in [9.17, 15) is 9.59 Å². The molecule has 4 rings (SSSR count). The molecule has 3 aromatic rings. The quantitative estimate of drug-likeness (QED) is 0.760. The molecule has 2 aromatic carbocycles. The second kappa shape index (κ2) is 7.38. The fraction of sp³-hybridized carbons (Fsp3) is 0.273. The third kappa shape index (κ3) is 3.45. The van der Waals surface area contributed by atoms with Crippen LogP contribution >= 0.6 is 0 Å². The number of benzene rings is 2. The summed E-state index contributed by atoms with van der Waals surface area (Å²) in [6.07, 6.45) is 0.625. The van der Waals surface area contributed by atoms with Crippen molar-refractivity contribution in [3.8, 4) is 11.4 Å². The third-order valence-electron chi connectivity index (χ3n) is 5.26. The lowest BCUT2D eigenvalue weighted by Crippen LogP contribution is -2.40. The van der Waals surface area contributed by atoms with Crippen LogP contribution < -0.4 is 10.3 Å². The minimum Gasteiger partial charge on any atom is -0.484 e. The van der Waals surface area contributed by atoms with Gasteiger partial charge in [-0.25, -0.2) is 4.68 Å². The Morgan fingerprint density at radius 3 is 2.64 bits per heavy atom. The molecule has 0 atom stereocenters. The molecule has 0 fully saturated rings. The van der Waals surface area contributed by atoms with Gasteiger partial charge in [0.2, 0.25) is 0 Å². The van der Waals surface area contributed by atoms with E-state index in [1.807, 2.05) is 62.4 Å². The first-order valence-corrected chi connectivity index (χ1v) is 9.39. The number of hydrogen-bond donors (Lipinski definition) is 1. The summed E-state index contributed by atoms with van der Waals surface area (Å²) in [4.78, 5) is 27.1. The highest BCUT2D eigenvalue weighted by molar-refractivity contribution is 5.78. The summed E-state index contributed by atoms with van der Waals surface area (Å²) in [5.41, 5.74) is 4.54. The predicted octanol–water partition coefficient (Wildman–Crippen LogP) is 2.75. The molecule has 0 bridgehead atoms. The van der Waals surface area contributed by atoms with Gasteiger partial charge < -0.3 is 9.64 Å². The zero-order chi connectivity index (χ0) is 19.7. The molecular formula is C22H23N3O3. The van der Waals surface area contributed by atoms with Gasteiger partial charge >= 0.3 is 0 Å². The van der Waals surface area contributed by atoms with Gasteiger partial charge in [-0.1, -0.05) is 24.3 Å². The first-order valence-electron chi connectivity index (χ1n) is 9.39. The van der Waals surface area contributed by atoms with Gasteiger partial charge in [0.15, 0.2) is 6.61 Å². The van der Waals surface area contributed by atoms with Crippen LogP contribution in [0.2, 0.25) is 0 Å². The van der Waals surface area contributed by atoms with E-state index in [1.54, 1.807) is 9.58 Å². The summed E-state index contributed by atoms with van der Waals surface area (Å²) in [6.45, 7) is 4.89. The standard InChI is InChI=1S/C22H23N3O3/c1-15-8-9-18(12-16(15)2)28-14-21(26)24-11-10-20-19(13-24)22(27)25(23-20)17-6-4-3-5-7-17/h3-9,12,23H,10-11,13-14H2,1-2H3. The van der Waals surface area contributed by atoms with E-state index in [-0.39, 0.29) is 18.1 Å². The Balaban J connectivity index is 1.46. The van der Waals surface area contributed by atoms with Crippen LogP contribution in [-0.2, 0) is 17.8 Å². The Labute approximate surface area is 163 Å². The number of para-hydroxylation sites is 1. The van der Waals surface area contributed by atoms with Gasteiger partial charge in [-0.15, -0.1) is 0 Å². The van der Waals surface area contributed by atoms with Crippen LogP contribution in [0.25, 0.3) is 5.69 Å². The molecule has 0 aliphatic carbocycles. The highest BCUT2D eigenvalue weighted by Crippen LogP contribution is 2.18. The van der Waals surface area contributed by atoms with Crippen molar-refractivity contribution in [2.45, 2.75) is 26.8 Å². The lowest BCUT2D eigenvalue weighted by atomic mass is 10.1. The number of nitrogens with one attached hydrogen (secondary N) is 1. The van der Waals surface area contributed by atoms with Gasteiger partial charge in [0, 0.05) is 18.7 Å². The highest BCUT2D eigenvalue weighted by Gasteiger charge is 2.26. The van der Waals surface area contributed by atoms with Crippen LogP contribution in [0, 0.1) is 13.8 Å². The Hall–Kier alpha value is -3.28. The fourth-order valence-corrected chi connectivity index (χ4v) is 3.42. The molecule has 144 valence electrons. The predicted molar refractivity (Wildman–Crippen MR) is 107 cm³/mol. The number of hydrogen-bond acceptors (Lipinski definition) is 3. The van der Waals surface area contributed by atoms with E-state index in [2.05, 4.69) is 5.10 Å². The van der Waals surface area contributed by atoms with E-state index in [0.717, 1.165) is 16.9 Å². The molecule has 0 saturated carbocycles. The number of rotatable bonds is 4. The molecule has 6 nitrogen and oxygen atoms in total. The number of aromatic nitrogens is 2. The molecule has 0 spiro atoms. The average Bonchev–Trinajstić information content (AvgIpc) is 3.05. The average molecular weight is 377 g/mol. The Bertz CT molecular complexity index is 1070. The SMILES string of the molecule is Cc1ccc(OCC(=O)N2CCc3[nH]n(-c4ccccc4)c(=O)c3C2)cc1C. The van der Waals surface area contributed by atoms with Crippen LogP contribution in [0.15, 0.2) is 53.3 Å². The van der Waals surface area contributed by atoms with E-state index >= 15 is 0 Å². The molecule has 2 heterocycles. The van der Waals surface area contributed by atoms with Crippen LogP contribution in [0.5, 0.6) is 5.75 Å². The number of aromatic amines is 1. The number of carbonyl (C=O) groups is 1. The summed E-state index contributed by atoms with van der Waals surface area (Å²) >= 11 is 0. The maximum absolute atomic E-state index is 12.8. The molecular weight excluding hydrogens is 354 g/mol. The van der Waals surface area contributed by atoms with Crippen molar-refractivity contribution >= 4 is 5.91 Å². The molecule has 1 aliphatic rings. The molecule has 0 radical (unpaired) electrons. The number of H-pyrrole nitrogens is 1. The molecule has 1 amide bonds. The van der Waals surface area contributed by atoms with E-state index < -0.39 is 0 Å². The smallest absolute Gasteiger partial charge is 0.276 e. The maximum atomic E-state index is 12.8. The van der Waals surface area contributed by atoms with Crippen molar-refractivity contribution in [2.75, 3.05) is 13.2 Å². The van der Waals surface area contributed by atoms with Gasteiger partial charge in [0.05, 0.1) is 17.8 Å². The lowest BCUT2D eigenvalue weighted by Gasteiger charge is -2.26. The summed E-state index contributed by atoms with van der Waals surface area (Å²) < 4.78 is 7.21. The van der Waals surface area contributed by atoms with Crippen LogP contribution in [0.1, 0.15) is 22.4 Å².